The Morgan fingerprint density at radius 2 is 2.21 bits per heavy atom. The number of fused-ring (bicyclic) bond motifs is 2. The van der Waals surface area contributed by atoms with Crippen LogP contribution in [0.5, 0.6) is 5.88 Å². The standard InChI is InChI=1S/C15H23N3O/c1-14(2)11-4-6-15(14,3)12(8-11)19-13-10(9-16)5-7-17-18-13/h5,7,11-12H,4,6,8-9,16H2,1-3H3. The summed E-state index contributed by atoms with van der Waals surface area (Å²) in [6.45, 7) is 7.58. The largest absolute Gasteiger partial charge is 0.472 e. The van der Waals surface area contributed by atoms with Crippen LogP contribution in [0.25, 0.3) is 0 Å². The first-order valence-corrected chi connectivity index (χ1v) is 7.16. The molecular formula is C15H23N3O. The number of nitrogens with two attached hydrogens (primary N) is 1. The van der Waals surface area contributed by atoms with Gasteiger partial charge in [0.1, 0.15) is 6.10 Å². The van der Waals surface area contributed by atoms with Gasteiger partial charge in [0.15, 0.2) is 0 Å². The second-order valence-electron chi connectivity index (χ2n) is 6.78. The highest BCUT2D eigenvalue weighted by molar-refractivity contribution is 5.24. The summed E-state index contributed by atoms with van der Waals surface area (Å²) in [6, 6.07) is 1.89. The number of rotatable bonds is 3. The zero-order chi connectivity index (χ0) is 13.7. The van der Waals surface area contributed by atoms with Crippen molar-refractivity contribution >= 4 is 0 Å². The minimum Gasteiger partial charge on any atom is -0.472 e. The van der Waals surface area contributed by atoms with E-state index < -0.39 is 0 Å². The smallest absolute Gasteiger partial charge is 0.238 e. The van der Waals surface area contributed by atoms with E-state index in [4.69, 9.17) is 10.5 Å². The van der Waals surface area contributed by atoms with Gasteiger partial charge in [-0.15, -0.1) is 5.10 Å². The van der Waals surface area contributed by atoms with Gasteiger partial charge >= 0.3 is 0 Å². The summed E-state index contributed by atoms with van der Waals surface area (Å²) in [4.78, 5) is 0. The van der Waals surface area contributed by atoms with Gasteiger partial charge in [0.25, 0.3) is 0 Å². The first-order valence-electron chi connectivity index (χ1n) is 7.16. The summed E-state index contributed by atoms with van der Waals surface area (Å²) in [5, 5.41) is 8.05. The van der Waals surface area contributed by atoms with Crippen molar-refractivity contribution in [1.82, 2.24) is 10.2 Å². The SMILES string of the molecule is CC1(C)C2CCC1(C)C(Oc1nnccc1CN)C2. The first kappa shape index (κ1) is 12.9. The molecule has 2 fully saturated rings. The van der Waals surface area contributed by atoms with Gasteiger partial charge in [-0.05, 0) is 36.7 Å². The lowest BCUT2D eigenvalue weighted by Gasteiger charge is -2.38. The number of nitrogens with zero attached hydrogens (tertiary/aromatic N) is 2. The maximum Gasteiger partial charge on any atom is 0.238 e. The predicted octanol–water partition coefficient (Wildman–Crippen LogP) is 2.53. The van der Waals surface area contributed by atoms with Crippen LogP contribution >= 0.6 is 0 Å². The molecule has 1 aromatic heterocycles. The molecule has 4 nitrogen and oxygen atoms in total. The van der Waals surface area contributed by atoms with Crippen LogP contribution in [0.4, 0.5) is 0 Å². The van der Waals surface area contributed by atoms with Crippen LogP contribution in [0.2, 0.25) is 0 Å². The average Bonchev–Trinajstić information content (AvgIpc) is 2.72. The minimum absolute atomic E-state index is 0.237. The van der Waals surface area contributed by atoms with Gasteiger partial charge in [-0.2, -0.15) is 5.10 Å². The summed E-state index contributed by atoms with van der Waals surface area (Å²) in [7, 11) is 0. The fourth-order valence-corrected chi connectivity index (χ4v) is 4.04. The van der Waals surface area contributed by atoms with E-state index in [-0.39, 0.29) is 11.5 Å². The fourth-order valence-electron chi connectivity index (χ4n) is 4.04. The molecule has 19 heavy (non-hydrogen) atoms. The van der Waals surface area contributed by atoms with Gasteiger partial charge in [-0.3, -0.25) is 0 Å². The summed E-state index contributed by atoms with van der Waals surface area (Å²) in [5.41, 5.74) is 7.27. The van der Waals surface area contributed by atoms with Crippen LogP contribution < -0.4 is 10.5 Å². The predicted molar refractivity (Wildman–Crippen MR) is 73.6 cm³/mol. The molecule has 0 amide bonds. The molecule has 2 aliphatic rings. The van der Waals surface area contributed by atoms with Crippen molar-refractivity contribution < 1.29 is 4.74 Å². The van der Waals surface area contributed by atoms with Crippen molar-refractivity contribution in [2.75, 3.05) is 0 Å². The molecule has 0 spiro atoms. The molecule has 2 N–H and O–H groups in total. The molecule has 0 radical (unpaired) electrons. The van der Waals surface area contributed by atoms with Crippen molar-refractivity contribution in [3.05, 3.63) is 17.8 Å². The van der Waals surface area contributed by atoms with Crippen LogP contribution in [0.15, 0.2) is 12.3 Å². The highest BCUT2D eigenvalue weighted by atomic mass is 16.5. The number of hydrogen-bond acceptors (Lipinski definition) is 4. The van der Waals surface area contributed by atoms with Gasteiger partial charge < -0.3 is 10.5 Å². The lowest BCUT2D eigenvalue weighted by Crippen LogP contribution is -2.39. The van der Waals surface area contributed by atoms with Crippen LogP contribution in [-0.2, 0) is 6.54 Å². The average molecular weight is 261 g/mol. The maximum absolute atomic E-state index is 6.22. The van der Waals surface area contributed by atoms with Crippen molar-refractivity contribution in [1.29, 1.82) is 0 Å². The number of hydrogen-bond donors (Lipinski definition) is 1. The molecular weight excluding hydrogens is 238 g/mol. The monoisotopic (exact) mass is 261 g/mol. The quantitative estimate of drug-likeness (QED) is 0.908. The molecule has 2 aliphatic carbocycles. The van der Waals surface area contributed by atoms with Crippen molar-refractivity contribution in [3.8, 4) is 5.88 Å². The Morgan fingerprint density at radius 1 is 1.42 bits per heavy atom. The molecule has 1 aromatic rings. The number of aromatic nitrogens is 2. The molecule has 0 saturated heterocycles. The van der Waals surface area contributed by atoms with Gasteiger partial charge in [-0.25, -0.2) is 0 Å². The third-order valence-electron chi connectivity index (χ3n) is 5.95. The van der Waals surface area contributed by atoms with E-state index in [1.165, 1.54) is 12.8 Å². The second kappa shape index (κ2) is 4.17. The highest BCUT2D eigenvalue weighted by Crippen LogP contribution is 2.66. The van der Waals surface area contributed by atoms with Crippen molar-refractivity contribution in [2.45, 2.75) is 52.7 Å². The van der Waals surface area contributed by atoms with Crippen LogP contribution in [0.1, 0.15) is 45.6 Å². The molecule has 3 atom stereocenters. The van der Waals surface area contributed by atoms with Gasteiger partial charge in [0.2, 0.25) is 5.88 Å². The summed E-state index contributed by atoms with van der Waals surface area (Å²) in [6.07, 6.45) is 5.61. The minimum atomic E-state index is 0.237. The van der Waals surface area contributed by atoms with Gasteiger partial charge in [-0.1, -0.05) is 20.8 Å². The lowest BCUT2D eigenvalue weighted by atomic mass is 9.70. The molecule has 4 heteroatoms. The Bertz CT molecular complexity index is 488. The Kier molecular flexibility index (Phi) is 2.82. The molecule has 0 aromatic carbocycles. The molecule has 1 heterocycles. The van der Waals surface area contributed by atoms with E-state index >= 15 is 0 Å². The highest BCUT2D eigenvalue weighted by Gasteiger charge is 2.62. The fraction of sp³-hybridized carbons (Fsp3) is 0.733. The van der Waals surface area contributed by atoms with E-state index in [2.05, 4.69) is 31.0 Å². The van der Waals surface area contributed by atoms with E-state index in [9.17, 15) is 0 Å². The third kappa shape index (κ3) is 1.69. The Balaban J connectivity index is 1.86. The van der Waals surface area contributed by atoms with E-state index in [0.717, 1.165) is 17.9 Å². The van der Waals surface area contributed by atoms with Gasteiger partial charge in [0, 0.05) is 17.5 Å². The van der Waals surface area contributed by atoms with Crippen molar-refractivity contribution in [3.63, 3.8) is 0 Å². The van der Waals surface area contributed by atoms with E-state index in [0.29, 0.717) is 17.8 Å². The zero-order valence-electron chi connectivity index (χ0n) is 12.0. The Hall–Kier alpha value is -1.16. The molecule has 0 aliphatic heterocycles. The first-order chi connectivity index (χ1) is 8.99. The van der Waals surface area contributed by atoms with Crippen LogP contribution in [0, 0.1) is 16.7 Å². The molecule has 2 bridgehead atoms. The maximum atomic E-state index is 6.22. The normalized spacial score (nSPS) is 35.6. The summed E-state index contributed by atoms with van der Waals surface area (Å²) in [5.74, 6) is 1.39. The number of ether oxygens (including phenoxy) is 1. The van der Waals surface area contributed by atoms with Crippen LogP contribution in [0.3, 0.4) is 0 Å². The van der Waals surface area contributed by atoms with Gasteiger partial charge in [0.05, 0.1) is 6.20 Å². The van der Waals surface area contributed by atoms with Crippen LogP contribution in [-0.4, -0.2) is 16.3 Å². The lowest BCUT2D eigenvalue weighted by molar-refractivity contribution is 0.0260. The topological polar surface area (TPSA) is 61.0 Å². The van der Waals surface area contributed by atoms with E-state index in [1.54, 1.807) is 6.20 Å². The summed E-state index contributed by atoms with van der Waals surface area (Å²) >= 11 is 0. The summed E-state index contributed by atoms with van der Waals surface area (Å²) < 4.78 is 6.22. The third-order valence-corrected chi connectivity index (χ3v) is 5.95. The molecule has 3 unspecified atom stereocenters. The Morgan fingerprint density at radius 3 is 2.79 bits per heavy atom. The molecule has 2 saturated carbocycles. The van der Waals surface area contributed by atoms with Crippen molar-refractivity contribution in [2.24, 2.45) is 22.5 Å². The molecule has 104 valence electrons. The Labute approximate surface area is 114 Å². The molecule has 3 rings (SSSR count). The zero-order valence-corrected chi connectivity index (χ0v) is 12.0. The second-order valence-corrected chi connectivity index (χ2v) is 6.78. The van der Waals surface area contributed by atoms with E-state index in [1.807, 2.05) is 6.07 Å².